The molecule has 6 heteroatoms. The molecule has 1 aliphatic heterocycles. The van der Waals surface area contributed by atoms with E-state index in [9.17, 15) is 10.1 Å². The monoisotopic (exact) mass is 336 g/mol. The summed E-state index contributed by atoms with van der Waals surface area (Å²) < 4.78 is 0. The molecule has 25 heavy (non-hydrogen) atoms. The van der Waals surface area contributed by atoms with Gasteiger partial charge in [-0.05, 0) is 30.7 Å². The van der Waals surface area contributed by atoms with Gasteiger partial charge in [0.1, 0.15) is 0 Å². The van der Waals surface area contributed by atoms with Crippen LogP contribution in [0.15, 0.2) is 52.6 Å². The molecule has 6 nitrogen and oxygen atoms in total. The van der Waals surface area contributed by atoms with Crippen LogP contribution in [0, 0.1) is 17.0 Å². The maximum atomic E-state index is 11.0. The van der Waals surface area contributed by atoms with E-state index >= 15 is 0 Å². The van der Waals surface area contributed by atoms with E-state index in [1.54, 1.807) is 23.4 Å². The summed E-state index contributed by atoms with van der Waals surface area (Å²) in [5.74, 6) is 0. The number of nitro groups is 1. The van der Waals surface area contributed by atoms with Gasteiger partial charge in [-0.3, -0.25) is 20.1 Å². The summed E-state index contributed by atoms with van der Waals surface area (Å²) in [6.07, 6.45) is 1.73. The van der Waals surface area contributed by atoms with Crippen LogP contribution in [-0.2, 0) is 5.41 Å². The lowest BCUT2D eigenvalue weighted by atomic mass is 9.82. The summed E-state index contributed by atoms with van der Waals surface area (Å²) in [6, 6.07) is 12.9. The van der Waals surface area contributed by atoms with Crippen molar-refractivity contribution in [2.75, 3.05) is 12.1 Å². The van der Waals surface area contributed by atoms with Crippen LogP contribution < -0.4 is 5.01 Å². The van der Waals surface area contributed by atoms with Gasteiger partial charge >= 0.3 is 0 Å². The number of fused-ring (bicyclic) bond motifs is 1. The predicted octanol–water partition coefficient (Wildman–Crippen LogP) is 4.39. The Morgan fingerprint density at radius 3 is 2.52 bits per heavy atom. The van der Waals surface area contributed by atoms with Crippen LogP contribution in [0.1, 0.15) is 25.0 Å². The van der Waals surface area contributed by atoms with Gasteiger partial charge in [0.05, 0.1) is 28.2 Å². The number of aliphatic imine (C=N–C) groups is 1. The minimum absolute atomic E-state index is 0.0805. The number of hydrazone groups is 1. The number of anilines is 1. The Kier molecular flexibility index (Phi) is 4.12. The summed E-state index contributed by atoms with van der Waals surface area (Å²) in [5.41, 5.74) is 4.21. The summed E-state index contributed by atoms with van der Waals surface area (Å²) >= 11 is 0. The van der Waals surface area contributed by atoms with Crippen LogP contribution in [0.3, 0.4) is 0 Å². The lowest BCUT2D eigenvalue weighted by Crippen LogP contribution is -2.27. The van der Waals surface area contributed by atoms with E-state index in [1.165, 1.54) is 11.6 Å². The molecule has 0 spiro atoms. The Morgan fingerprint density at radius 1 is 1.20 bits per heavy atom. The van der Waals surface area contributed by atoms with Crippen molar-refractivity contribution in [1.82, 2.24) is 0 Å². The van der Waals surface area contributed by atoms with Crippen molar-refractivity contribution in [2.24, 2.45) is 10.1 Å². The quantitative estimate of drug-likeness (QED) is 0.472. The Morgan fingerprint density at radius 2 is 1.88 bits per heavy atom. The van der Waals surface area contributed by atoms with Gasteiger partial charge in [0, 0.05) is 24.6 Å². The molecule has 1 heterocycles. The average Bonchev–Trinajstić information content (AvgIpc) is 2.83. The first-order chi connectivity index (χ1) is 11.8. The predicted molar refractivity (Wildman–Crippen MR) is 101 cm³/mol. The van der Waals surface area contributed by atoms with Crippen LogP contribution in [0.25, 0.3) is 0 Å². The summed E-state index contributed by atoms with van der Waals surface area (Å²) in [6.45, 7) is 6.04. The Labute approximate surface area is 146 Å². The second kappa shape index (κ2) is 6.12. The summed E-state index contributed by atoms with van der Waals surface area (Å²) in [4.78, 5) is 15.2. The van der Waals surface area contributed by atoms with E-state index in [-0.39, 0.29) is 10.6 Å². The molecule has 0 atom stereocenters. The fourth-order valence-electron chi connectivity index (χ4n) is 2.80. The molecule has 0 saturated heterocycles. The first kappa shape index (κ1) is 16.8. The van der Waals surface area contributed by atoms with Gasteiger partial charge in [0.2, 0.25) is 0 Å². The smallest absolute Gasteiger partial charge is 0.269 e. The van der Waals surface area contributed by atoms with Crippen LogP contribution in [-0.4, -0.2) is 23.9 Å². The summed E-state index contributed by atoms with van der Waals surface area (Å²) in [5, 5.41) is 17.3. The Balaban J connectivity index is 1.86. The van der Waals surface area contributed by atoms with Crippen LogP contribution in [0.4, 0.5) is 17.1 Å². The molecule has 1 aliphatic rings. The lowest BCUT2D eigenvalue weighted by Gasteiger charge is -2.20. The molecule has 0 N–H and O–H groups in total. The molecule has 0 unspecified atom stereocenters. The van der Waals surface area contributed by atoms with E-state index in [0.29, 0.717) is 0 Å². The second-order valence-electron chi connectivity index (χ2n) is 6.68. The highest BCUT2D eigenvalue weighted by Crippen LogP contribution is 2.41. The number of hydrogen-bond donors (Lipinski definition) is 0. The zero-order valence-corrected chi connectivity index (χ0v) is 14.7. The SMILES string of the molecule is Cc1ccc(N(C)/N=C/C2=Nc3ccc([N+](=O)[O-])cc3C2(C)C)cc1. The van der Waals surface area contributed by atoms with Gasteiger partial charge in [-0.1, -0.05) is 31.5 Å². The van der Waals surface area contributed by atoms with Crippen LogP contribution in [0.2, 0.25) is 0 Å². The first-order valence-electron chi connectivity index (χ1n) is 8.01. The van der Waals surface area contributed by atoms with E-state index in [0.717, 1.165) is 22.6 Å². The first-order valence-corrected chi connectivity index (χ1v) is 8.01. The zero-order chi connectivity index (χ0) is 18.2. The topological polar surface area (TPSA) is 71.1 Å². The average molecular weight is 336 g/mol. The highest BCUT2D eigenvalue weighted by Gasteiger charge is 2.35. The number of non-ortho nitro benzene ring substituents is 1. The number of nitrogens with zero attached hydrogens (tertiary/aromatic N) is 4. The Bertz CT molecular complexity index is 883. The normalized spacial score (nSPS) is 15.1. The fourth-order valence-corrected chi connectivity index (χ4v) is 2.80. The van der Waals surface area contributed by atoms with E-state index in [2.05, 4.69) is 10.1 Å². The second-order valence-corrected chi connectivity index (χ2v) is 6.68. The van der Waals surface area contributed by atoms with Gasteiger partial charge in [-0.2, -0.15) is 5.10 Å². The molecule has 3 rings (SSSR count). The molecule has 0 aliphatic carbocycles. The third-order valence-electron chi connectivity index (χ3n) is 4.51. The van der Waals surface area contributed by atoms with Gasteiger partial charge in [-0.15, -0.1) is 0 Å². The molecular formula is C19H20N4O2. The van der Waals surface area contributed by atoms with Crippen molar-refractivity contribution in [2.45, 2.75) is 26.2 Å². The van der Waals surface area contributed by atoms with Crippen molar-refractivity contribution in [1.29, 1.82) is 0 Å². The van der Waals surface area contributed by atoms with Crippen molar-refractivity contribution in [3.05, 3.63) is 63.7 Å². The molecule has 0 amide bonds. The Hall–Kier alpha value is -3.02. The molecule has 0 aromatic heterocycles. The molecule has 0 bridgehead atoms. The molecular weight excluding hydrogens is 316 g/mol. The minimum Gasteiger partial charge on any atom is -0.269 e. The van der Waals surface area contributed by atoms with Crippen LogP contribution in [0.5, 0.6) is 0 Å². The number of benzene rings is 2. The van der Waals surface area contributed by atoms with Crippen molar-refractivity contribution < 1.29 is 4.92 Å². The van der Waals surface area contributed by atoms with Gasteiger partial charge in [0.25, 0.3) is 5.69 Å². The molecule has 2 aromatic carbocycles. The van der Waals surface area contributed by atoms with Crippen molar-refractivity contribution in [3.63, 3.8) is 0 Å². The number of aryl methyl sites for hydroxylation is 1. The number of hydrogen-bond acceptors (Lipinski definition) is 5. The molecule has 128 valence electrons. The summed E-state index contributed by atoms with van der Waals surface area (Å²) in [7, 11) is 1.88. The molecule has 2 aromatic rings. The maximum Gasteiger partial charge on any atom is 0.269 e. The standard InChI is InChI=1S/C19H20N4O2/c1-13-5-7-14(8-6-13)22(4)20-12-18-19(2,3)16-11-15(23(24)25)9-10-17(16)21-18/h5-12H,1-4H3/b20-12+. The van der Waals surface area contributed by atoms with E-state index < -0.39 is 5.41 Å². The van der Waals surface area contributed by atoms with E-state index in [1.807, 2.05) is 52.1 Å². The third kappa shape index (κ3) is 3.15. The zero-order valence-electron chi connectivity index (χ0n) is 14.7. The van der Waals surface area contributed by atoms with Gasteiger partial charge in [-0.25, -0.2) is 0 Å². The van der Waals surface area contributed by atoms with Crippen LogP contribution >= 0.6 is 0 Å². The highest BCUT2D eigenvalue weighted by atomic mass is 16.6. The highest BCUT2D eigenvalue weighted by molar-refractivity contribution is 6.36. The van der Waals surface area contributed by atoms with Crippen molar-refractivity contribution in [3.8, 4) is 0 Å². The third-order valence-corrected chi connectivity index (χ3v) is 4.51. The van der Waals surface area contributed by atoms with Crippen molar-refractivity contribution >= 4 is 29.0 Å². The van der Waals surface area contributed by atoms with Gasteiger partial charge < -0.3 is 0 Å². The largest absolute Gasteiger partial charge is 0.269 e. The van der Waals surface area contributed by atoms with E-state index in [4.69, 9.17) is 0 Å². The molecule has 0 saturated carbocycles. The fraction of sp³-hybridized carbons (Fsp3) is 0.263. The molecule has 0 radical (unpaired) electrons. The lowest BCUT2D eigenvalue weighted by molar-refractivity contribution is -0.384. The maximum absolute atomic E-state index is 11.0. The minimum atomic E-state index is -0.432. The number of nitro benzene ring substituents is 1. The molecule has 0 fully saturated rings. The number of rotatable bonds is 4. The van der Waals surface area contributed by atoms with Gasteiger partial charge in [0.15, 0.2) is 0 Å².